The Morgan fingerprint density at radius 3 is 2.71 bits per heavy atom. The van der Waals surface area contributed by atoms with Crippen LogP contribution in [0.2, 0.25) is 0 Å². The standard InChI is InChI=1S/C21H22N4O3/c1-14-4-6-15(7-5-14)19-22-21(25-24-19)23-20(26)16-8-10-17(11-9-16)28-13-18-3-2-12-27-18/h4-11,18H,2-3,12-13H2,1H3,(H2,22,23,24,25,26). The van der Waals surface area contributed by atoms with Crippen LogP contribution in [0.3, 0.4) is 0 Å². The summed E-state index contributed by atoms with van der Waals surface area (Å²) < 4.78 is 11.3. The van der Waals surface area contributed by atoms with Crippen molar-refractivity contribution in [2.45, 2.75) is 25.9 Å². The Kier molecular flexibility index (Phi) is 5.34. The first-order valence-electron chi connectivity index (χ1n) is 9.32. The number of rotatable bonds is 6. The number of H-pyrrole nitrogens is 1. The Balaban J connectivity index is 1.35. The topological polar surface area (TPSA) is 89.1 Å². The summed E-state index contributed by atoms with van der Waals surface area (Å²) in [6.07, 6.45) is 2.28. The SMILES string of the molecule is Cc1ccc(-c2nc(NC(=O)c3ccc(OCC4CCCO4)cc3)n[nH]2)cc1. The van der Waals surface area contributed by atoms with Crippen LogP contribution in [0.5, 0.6) is 5.75 Å². The minimum Gasteiger partial charge on any atom is -0.491 e. The maximum absolute atomic E-state index is 12.4. The number of nitrogens with one attached hydrogen (secondary N) is 2. The molecule has 1 aromatic heterocycles. The lowest BCUT2D eigenvalue weighted by atomic mass is 10.1. The van der Waals surface area contributed by atoms with Gasteiger partial charge in [0.15, 0.2) is 5.82 Å². The number of aromatic amines is 1. The Bertz CT molecular complexity index is 929. The molecule has 7 nitrogen and oxygen atoms in total. The van der Waals surface area contributed by atoms with Crippen molar-refractivity contribution < 1.29 is 14.3 Å². The summed E-state index contributed by atoms with van der Waals surface area (Å²) in [5.74, 6) is 1.28. The van der Waals surface area contributed by atoms with Crippen molar-refractivity contribution in [2.75, 3.05) is 18.5 Å². The van der Waals surface area contributed by atoms with Crippen LogP contribution in [-0.4, -0.2) is 40.4 Å². The van der Waals surface area contributed by atoms with Crippen molar-refractivity contribution in [1.82, 2.24) is 15.2 Å². The van der Waals surface area contributed by atoms with E-state index in [1.54, 1.807) is 24.3 Å². The first-order valence-corrected chi connectivity index (χ1v) is 9.32. The van der Waals surface area contributed by atoms with Crippen LogP contribution in [0.4, 0.5) is 5.95 Å². The number of hydrogen-bond acceptors (Lipinski definition) is 5. The predicted octanol–water partition coefficient (Wildman–Crippen LogP) is 3.59. The molecule has 0 radical (unpaired) electrons. The van der Waals surface area contributed by atoms with E-state index in [1.807, 2.05) is 31.2 Å². The van der Waals surface area contributed by atoms with Gasteiger partial charge in [-0.3, -0.25) is 15.2 Å². The molecular weight excluding hydrogens is 356 g/mol. The number of ether oxygens (including phenoxy) is 2. The number of aromatic nitrogens is 3. The molecule has 1 amide bonds. The number of carbonyl (C=O) groups excluding carboxylic acids is 1. The molecular formula is C21H22N4O3. The van der Waals surface area contributed by atoms with Crippen LogP contribution in [0.15, 0.2) is 48.5 Å². The molecule has 2 aromatic carbocycles. The molecule has 0 aliphatic carbocycles. The van der Waals surface area contributed by atoms with E-state index in [9.17, 15) is 4.79 Å². The third kappa shape index (κ3) is 4.37. The van der Waals surface area contributed by atoms with E-state index >= 15 is 0 Å². The van der Waals surface area contributed by atoms with Crippen LogP contribution in [0.25, 0.3) is 11.4 Å². The molecule has 3 aromatic rings. The van der Waals surface area contributed by atoms with Crippen LogP contribution in [0.1, 0.15) is 28.8 Å². The first kappa shape index (κ1) is 18.2. The van der Waals surface area contributed by atoms with E-state index in [4.69, 9.17) is 9.47 Å². The fraction of sp³-hybridized carbons (Fsp3) is 0.286. The van der Waals surface area contributed by atoms with Crippen molar-refractivity contribution in [3.05, 3.63) is 59.7 Å². The summed E-state index contributed by atoms with van der Waals surface area (Å²) in [4.78, 5) is 16.7. The van der Waals surface area contributed by atoms with Gasteiger partial charge in [-0.25, -0.2) is 0 Å². The fourth-order valence-electron chi connectivity index (χ4n) is 3.00. The van der Waals surface area contributed by atoms with Crippen molar-refractivity contribution in [3.63, 3.8) is 0 Å². The lowest BCUT2D eigenvalue weighted by Crippen LogP contribution is -2.16. The zero-order valence-corrected chi connectivity index (χ0v) is 15.6. The molecule has 1 saturated heterocycles. The summed E-state index contributed by atoms with van der Waals surface area (Å²) in [6.45, 7) is 3.36. The molecule has 2 N–H and O–H groups in total. The minimum absolute atomic E-state index is 0.163. The molecule has 1 unspecified atom stereocenters. The lowest BCUT2D eigenvalue weighted by Gasteiger charge is -2.11. The molecule has 4 rings (SSSR count). The van der Waals surface area contributed by atoms with E-state index in [0.717, 1.165) is 25.0 Å². The number of benzene rings is 2. The fourth-order valence-corrected chi connectivity index (χ4v) is 3.00. The van der Waals surface area contributed by atoms with Gasteiger partial charge in [0.25, 0.3) is 5.91 Å². The molecule has 144 valence electrons. The summed E-state index contributed by atoms with van der Waals surface area (Å²) >= 11 is 0. The summed E-state index contributed by atoms with van der Waals surface area (Å²) in [5, 5.41) is 9.61. The minimum atomic E-state index is -0.278. The van der Waals surface area contributed by atoms with Gasteiger partial charge in [0.1, 0.15) is 12.4 Å². The Morgan fingerprint density at radius 2 is 2.00 bits per heavy atom. The summed E-state index contributed by atoms with van der Waals surface area (Å²) in [7, 11) is 0. The molecule has 28 heavy (non-hydrogen) atoms. The largest absolute Gasteiger partial charge is 0.491 e. The van der Waals surface area contributed by atoms with Gasteiger partial charge >= 0.3 is 0 Å². The smallest absolute Gasteiger partial charge is 0.258 e. The van der Waals surface area contributed by atoms with Crippen molar-refractivity contribution in [3.8, 4) is 17.1 Å². The van der Waals surface area contributed by atoms with Crippen molar-refractivity contribution >= 4 is 11.9 Å². The second-order valence-corrected chi connectivity index (χ2v) is 6.80. The molecule has 0 bridgehead atoms. The van der Waals surface area contributed by atoms with E-state index < -0.39 is 0 Å². The number of amides is 1. The monoisotopic (exact) mass is 378 g/mol. The van der Waals surface area contributed by atoms with Crippen LogP contribution >= 0.6 is 0 Å². The van der Waals surface area contributed by atoms with Crippen molar-refractivity contribution in [1.29, 1.82) is 0 Å². The number of carbonyl (C=O) groups is 1. The molecule has 7 heteroatoms. The normalized spacial score (nSPS) is 16.1. The van der Waals surface area contributed by atoms with Gasteiger partial charge in [-0.2, -0.15) is 4.98 Å². The highest BCUT2D eigenvalue weighted by Crippen LogP contribution is 2.19. The van der Waals surface area contributed by atoms with Crippen LogP contribution in [-0.2, 0) is 4.74 Å². The predicted molar refractivity (Wildman–Crippen MR) is 105 cm³/mol. The Morgan fingerprint density at radius 1 is 1.21 bits per heavy atom. The van der Waals surface area contributed by atoms with Gasteiger partial charge in [-0.15, -0.1) is 5.10 Å². The molecule has 1 atom stereocenters. The molecule has 0 spiro atoms. The maximum Gasteiger partial charge on any atom is 0.258 e. The highest BCUT2D eigenvalue weighted by Gasteiger charge is 2.16. The number of hydrogen-bond donors (Lipinski definition) is 2. The van der Waals surface area contributed by atoms with Crippen LogP contribution in [0, 0.1) is 6.92 Å². The van der Waals surface area contributed by atoms with E-state index in [-0.39, 0.29) is 18.0 Å². The van der Waals surface area contributed by atoms with Gasteiger partial charge in [-0.1, -0.05) is 29.8 Å². The van der Waals surface area contributed by atoms with Gasteiger partial charge in [-0.05, 0) is 44.0 Å². The van der Waals surface area contributed by atoms with E-state index in [0.29, 0.717) is 23.7 Å². The summed E-state index contributed by atoms with van der Waals surface area (Å²) in [6, 6.07) is 14.9. The Labute approximate surface area is 163 Å². The highest BCUT2D eigenvalue weighted by molar-refractivity contribution is 6.03. The maximum atomic E-state index is 12.4. The molecule has 1 aliphatic heterocycles. The quantitative estimate of drug-likeness (QED) is 0.684. The number of aryl methyl sites for hydroxylation is 1. The second kappa shape index (κ2) is 8.22. The van der Waals surface area contributed by atoms with E-state index in [2.05, 4.69) is 20.5 Å². The zero-order valence-electron chi connectivity index (χ0n) is 15.6. The second-order valence-electron chi connectivity index (χ2n) is 6.80. The zero-order chi connectivity index (χ0) is 19.3. The first-order chi connectivity index (χ1) is 13.7. The third-order valence-corrected chi connectivity index (χ3v) is 4.61. The third-order valence-electron chi connectivity index (χ3n) is 4.61. The molecule has 2 heterocycles. The van der Waals surface area contributed by atoms with Gasteiger partial charge in [0.05, 0.1) is 6.10 Å². The van der Waals surface area contributed by atoms with Gasteiger partial charge in [0, 0.05) is 17.7 Å². The van der Waals surface area contributed by atoms with Gasteiger partial charge < -0.3 is 9.47 Å². The molecule has 1 aliphatic rings. The van der Waals surface area contributed by atoms with Gasteiger partial charge in [0.2, 0.25) is 5.95 Å². The van der Waals surface area contributed by atoms with E-state index in [1.165, 1.54) is 5.56 Å². The van der Waals surface area contributed by atoms with Crippen molar-refractivity contribution in [2.24, 2.45) is 0 Å². The summed E-state index contributed by atoms with van der Waals surface area (Å²) in [5.41, 5.74) is 2.58. The molecule has 0 saturated carbocycles. The highest BCUT2D eigenvalue weighted by atomic mass is 16.5. The number of nitrogens with zero attached hydrogens (tertiary/aromatic N) is 2. The number of anilines is 1. The Hall–Kier alpha value is -3.19. The average molecular weight is 378 g/mol. The average Bonchev–Trinajstić information content (AvgIpc) is 3.39. The lowest BCUT2D eigenvalue weighted by molar-refractivity contribution is 0.0679. The van der Waals surface area contributed by atoms with Crippen LogP contribution < -0.4 is 10.1 Å². The molecule has 1 fully saturated rings.